The fraction of sp³-hybridized carbons (Fsp3) is 0.368. The largest absolute Gasteiger partial charge is 0.381 e. The molecular weight excluding hydrogens is 286 g/mol. The Morgan fingerprint density at radius 2 is 2.17 bits per heavy atom. The summed E-state index contributed by atoms with van der Waals surface area (Å²) in [6, 6.07) is 10.5. The smallest absolute Gasteiger partial charge is 0.260 e. The van der Waals surface area contributed by atoms with Crippen LogP contribution in [0.15, 0.2) is 42.7 Å². The molecule has 0 radical (unpaired) electrons. The zero-order valence-corrected chi connectivity index (χ0v) is 13.9. The van der Waals surface area contributed by atoms with Crippen LogP contribution in [0.4, 0.5) is 11.4 Å². The highest BCUT2D eigenvalue weighted by Crippen LogP contribution is 2.33. The van der Waals surface area contributed by atoms with E-state index >= 15 is 0 Å². The average molecular weight is 309 g/mol. The molecule has 2 heterocycles. The average Bonchev–Trinajstić information content (AvgIpc) is 2.90. The molecular formula is C19H23N3O. The standard InChI is InChI=1S/C19H23N3O/c1-4-13(2)21-17-10-16(11-20-12-17)19(23)22-14(3)9-15-7-5-6-8-18(15)22/h5-8,10-14,21H,4,9H2,1-3H3. The summed E-state index contributed by atoms with van der Waals surface area (Å²) in [6.07, 6.45) is 5.34. The summed E-state index contributed by atoms with van der Waals surface area (Å²) in [4.78, 5) is 19.1. The zero-order valence-electron chi connectivity index (χ0n) is 13.9. The summed E-state index contributed by atoms with van der Waals surface area (Å²) in [7, 11) is 0. The van der Waals surface area contributed by atoms with E-state index in [9.17, 15) is 4.79 Å². The number of carbonyl (C=O) groups is 1. The van der Waals surface area contributed by atoms with Gasteiger partial charge in [0.1, 0.15) is 0 Å². The molecule has 1 aromatic heterocycles. The van der Waals surface area contributed by atoms with E-state index in [1.54, 1.807) is 12.4 Å². The summed E-state index contributed by atoms with van der Waals surface area (Å²) in [5.41, 5.74) is 3.77. The van der Waals surface area contributed by atoms with Gasteiger partial charge in [0.05, 0.1) is 11.3 Å². The first-order valence-electron chi connectivity index (χ1n) is 8.23. The van der Waals surface area contributed by atoms with Gasteiger partial charge >= 0.3 is 0 Å². The van der Waals surface area contributed by atoms with Crippen molar-refractivity contribution in [3.63, 3.8) is 0 Å². The van der Waals surface area contributed by atoms with E-state index in [-0.39, 0.29) is 11.9 Å². The van der Waals surface area contributed by atoms with Gasteiger partial charge in [0.15, 0.2) is 0 Å². The summed E-state index contributed by atoms with van der Waals surface area (Å²) in [6.45, 7) is 6.34. The minimum Gasteiger partial charge on any atom is -0.381 e. The second-order valence-corrected chi connectivity index (χ2v) is 6.27. The fourth-order valence-corrected chi connectivity index (χ4v) is 3.04. The molecule has 0 saturated carbocycles. The van der Waals surface area contributed by atoms with Crippen LogP contribution in [0.2, 0.25) is 0 Å². The van der Waals surface area contributed by atoms with Gasteiger partial charge in [0.25, 0.3) is 5.91 Å². The maximum Gasteiger partial charge on any atom is 0.260 e. The van der Waals surface area contributed by atoms with Crippen molar-refractivity contribution in [1.29, 1.82) is 0 Å². The van der Waals surface area contributed by atoms with Gasteiger partial charge < -0.3 is 10.2 Å². The van der Waals surface area contributed by atoms with Crippen LogP contribution in [0, 0.1) is 0 Å². The second-order valence-electron chi connectivity index (χ2n) is 6.27. The van der Waals surface area contributed by atoms with Crippen LogP contribution >= 0.6 is 0 Å². The molecule has 4 nitrogen and oxygen atoms in total. The number of anilines is 2. The molecule has 0 bridgehead atoms. The molecule has 2 unspecified atom stereocenters. The van der Waals surface area contributed by atoms with E-state index in [0.717, 1.165) is 24.2 Å². The van der Waals surface area contributed by atoms with Gasteiger partial charge in [-0.15, -0.1) is 0 Å². The fourth-order valence-electron chi connectivity index (χ4n) is 3.04. The molecule has 1 aliphatic heterocycles. The number of aromatic nitrogens is 1. The van der Waals surface area contributed by atoms with E-state index in [4.69, 9.17) is 0 Å². The highest BCUT2D eigenvalue weighted by atomic mass is 16.2. The summed E-state index contributed by atoms with van der Waals surface area (Å²) >= 11 is 0. The van der Waals surface area contributed by atoms with Crippen molar-refractivity contribution in [2.75, 3.05) is 10.2 Å². The van der Waals surface area contributed by atoms with Gasteiger partial charge in [-0.25, -0.2) is 0 Å². The monoisotopic (exact) mass is 309 g/mol. The number of pyridine rings is 1. The van der Waals surface area contributed by atoms with Crippen molar-refractivity contribution in [1.82, 2.24) is 4.98 Å². The third-order valence-corrected chi connectivity index (χ3v) is 4.44. The first kappa shape index (κ1) is 15.5. The molecule has 0 fully saturated rings. The topological polar surface area (TPSA) is 45.2 Å². The maximum absolute atomic E-state index is 13.0. The molecule has 2 atom stereocenters. The summed E-state index contributed by atoms with van der Waals surface area (Å²) < 4.78 is 0. The number of nitrogens with one attached hydrogen (secondary N) is 1. The number of hydrogen-bond acceptors (Lipinski definition) is 3. The van der Waals surface area contributed by atoms with Gasteiger partial charge in [-0.1, -0.05) is 25.1 Å². The van der Waals surface area contributed by atoms with Crippen LogP contribution in [0.3, 0.4) is 0 Å². The van der Waals surface area contributed by atoms with Crippen molar-refractivity contribution in [3.8, 4) is 0 Å². The van der Waals surface area contributed by atoms with Crippen LogP contribution in [-0.4, -0.2) is 23.0 Å². The Morgan fingerprint density at radius 3 is 2.96 bits per heavy atom. The Kier molecular flexibility index (Phi) is 4.33. The Bertz CT molecular complexity index is 713. The van der Waals surface area contributed by atoms with Crippen LogP contribution in [0.25, 0.3) is 0 Å². The predicted molar refractivity (Wildman–Crippen MR) is 94.0 cm³/mol. The lowest BCUT2D eigenvalue weighted by atomic mass is 10.1. The van der Waals surface area contributed by atoms with E-state index in [1.165, 1.54) is 5.56 Å². The van der Waals surface area contributed by atoms with E-state index in [1.807, 2.05) is 29.2 Å². The van der Waals surface area contributed by atoms with Crippen molar-refractivity contribution in [3.05, 3.63) is 53.9 Å². The number of fused-ring (bicyclic) bond motifs is 1. The Labute approximate surface area is 137 Å². The van der Waals surface area contributed by atoms with Gasteiger partial charge in [0.2, 0.25) is 0 Å². The Morgan fingerprint density at radius 1 is 1.39 bits per heavy atom. The number of hydrogen-bond donors (Lipinski definition) is 1. The SMILES string of the molecule is CCC(C)Nc1cncc(C(=O)N2c3ccccc3CC2C)c1. The normalized spacial score (nSPS) is 17.7. The first-order valence-corrected chi connectivity index (χ1v) is 8.23. The van der Waals surface area contributed by atoms with Crippen LogP contribution in [0.1, 0.15) is 43.1 Å². The first-order chi connectivity index (χ1) is 11.1. The van der Waals surface area contributed by atoms with Gasteiger partial charge in [-0.3, -0.25) is 9.78 Å². The van der Waals surface area contributed by atoms with Crippen molar-refractivity contribution in [2.45, 2.75) is 45.7 Å². The van der Waals surface area contributed by atoms with Gasteiger partial charge in [-0.2, -0.15) is 0 Å². The van der Waals surface area contributed by atoms with Crippen LogP contribution in [-0.2, 0) is 6.42 Å². The van der Waals surface area contributed by atoms with Crippen molar-refractivity contribution in [2.24, 2.45) is 0 Å². The highest BCUT2D eigenvalue weighted by molar-refractivity contribution is 6.08. The number of benzene rings is 1. The van der Waals surface area contributed by atoms with Crippen molar-refractivity contribution < 1.29 is 4.79 Å². The molecule has 2 aromatic rings. The molecule has 4 heteroatoms. The number of rotatable bonds is 4. The van der Waals surface area contributed by atoms with Crippen LogP contribution < -0.4 is 10.2 Å². The van der Waals surface area contributed by atoms with E-state index in [0.29, 0.717) is 11.6 Å². The van der Waals surface area contributed by atoms with Gasteiger partial charge in [-0.05, 0) is 44.4 Å². The third-order valence-electron chi connectivity index (χ3n) is 4.44. The number of para-hydroxylation sites is 1. The second kappa shape index (κ2) is 6.41. The number of nitrogens with zero attached hydrogens (tertiary/aromatic N) is 2. The number of carbonyl (C=O) groups excluding carboxylic acids is 1. The predicted octanol–water partition coefficient (Wildman–Crippen LogP) is 3.88. The van der Waals surface area contributed by atoms with Gasteiger partial charge in [0, 0.05) is 30.2 Å². The molecule has 1 amide bonds. The molecule has 0 spiro atoms. The molecule has 1 aromatic carbocycles. The number of amides is 1. The van der Waals surface area contributed by atoms with Crippen LogP contribution in [0.5, 0.6) is 0 Å². The molecule has 1 N–H and O–H groups in total. The molecule has 1 aliphatic rings. The molecule has 0 saturated heterocycles. The lowest BCUT2D eigenvalue weighted by Gasteiger charge is -2.23. The summed E-state index contributed by atoms with van der Waals surface area (Å²) in [5.74, 6) is 0.0164. The summed E-state index contributed by atoms with van der Waals surface area (Å²) in [5, 5.41) is 3.37. The lowest BCUT2D eigenvalue weighted by molar-refractivity contribution is 0.0981. The lowest BCUT2D eigenvalue weighted by Crippen LogP contribution is -2.35. The molecule has 0 aliphatic carbocycles. The quantitative estimate of drug-likeness (QED) is 0.932. The molecule has 23 heavy (non-hydrogen) atoms. The highest BCUT2D eigenvalue weighted by Gasteiger charge is 2.31. The third kappa shape index (κ3) is 3.07. The van der Waals surface area contributed by atoms with Crippen molar-refractivity contribution >= 4 is 17.3 Å². The van der Waals surface area contributed by atoms with E-state index in [2.05, 4.69) is 37.1 Å². The zero-order chi connectivity index (χ0) is 16.4. The Hall–Kier alpha value is -2.36. The minimum atomic E-state index is 0.0164. The Balaban J connectivity index is 1.88. The minimum absolute atomic E-state index is 0.0164. The van der Waals surface area contributed by atoms with E-state index < -0.39 is 0 Å². The molecule has 120 valence electrons. The maximum atomic E-state index is 13.0. The molecule has 3 rings (SSSR count).